The highest BCUT2D eigenvalue weighted by Crippen LogP contribution is 2.02. The molecule has 15 heavy (non-hydrogen) atoms. The number of hydrogen-bond donors (Lipinski definition) is 0. The second kappa shape index (κ2) is 5.85. The first-order valence-electron chi connectivity index (χ1n) is 5.45. The van der Waals surface area contributed by atoms with E-state index in [1.807, 2.05) is 11.1 Å². The Morgan fingerprint density at radius 3 is 2.60 bits per heavy atom. The Bertz CT molecular complexity index is 270. The first-order valence-corrected chi connectivity index (χ1v) is 5.45. The zero-order valence-corrected chi connectivity index (χ0v) is 8.89. The van der Waals surface area contributed by atoms with Crippen LogP contribution < -0.4 is 0 Å². The fraction of sp³-hybridized carbons (Fsp3) is 0.500. The fourth-order valence-corrected chi connectivity index (χ4v) is 1.61. The van der Waals surface area contributed by atoms with Crippen molar-refractivity contribution < 1.29 is 9.57 Å². The van der Waals surface area contributed by atoms with Crippen molar-refractivity contribution in [3.05, 3.63) is 35.9 Å². The molecule has 1 fully saturated rings. The van der Waals surface area contributed by atoms with Crippen molar-refractivity contribution in [2.75, 3.05) is 32.9 Å². The summed E-state index contributed by atoms with van der Waals surface area (Å²) in [4.78, 5) is 5.64. The Labute approximate surface area is 90.6 Å². The van der Waals surface area contributed by atoms with Crippen molar-refractivity contribution in [3.63, 3.8) is 0 Å². The van der Waals surface area contributed by atoms with Gasteiger partial charge in [0, 0.05) is 13.1 Å². The summed E-state index contributed by atoms with van der Waals surface area (Å²) in [6, 6.07) is 10.4. The van der Waals surface area contributed by atoms with Crippen LogP contribution in [0.3, 0.4) is 0 Å². The molecule has 1 heterocycles. The summed E-state index contributed by atoms with van der Waals surface area (Å²) in [7, 11) is 0. The van der Waals surface area contributed by atoms with E-state index in [-0.39, 0.29) is 0 Å². The van der Waals surface area contributed by atoms with Crippen LogP contribution in [0.15, 0.2) is 30.3 Å². The van der Waals surface area contributed by atoms with Crippen molar-refractivity contribution in [2.45, 2.75) is 6.42 Å². The van der Waals surface area contributed by atoms with Gasteiger partial charge in [0.15, 0.2) is 0 Å². The average Bonchev–Trinajstić information content (AvgIpc) is 2.32. The summed E-state index contributed by atoms with van der Waals surface area (Å²) in [5.74, 6) is 0. The summed E-state index contributed by atoms with van der Waals surface area (Å²) in [5, 5.41) is 1.99. The lowest BCUT2D eigenvalue weighted by Gasteiger charge is -2.25. The van der Waals surface area contributed by atoms with E-state index < -0.39 is 0 Å². The third kappa shape index (κ3) is 3.63. The highest BCUT2D eigenvalue weighted by atomic mass is 16.7. The zero-order chi connectivity index (χ0) is 10.3. The molecule has 1 aromatic rings. The van der Waals surface area contributed by atoms with E-state index in [0.29, 0.717) is 0 Å². The van der Waals surface area contributed by atoms with E-state index in [4.69, 9.17) is 9.57 Å². The molecule has 0 spiro atoms. The SMILES string of the molecule is c1ccc(CCON2CCOCC2)cc1. The van der Waals surface area contributed by atoms with E-state index in [1.54, 1.807) is 0 Å². The first kappa shape index (κ1) is 10.6. The van der Waals surface area contributed by atoms with Crippen LogP contribution in [0.1, 0.15) is 5.56 Å². The molecule has 3 nitrogen and oxygen atoms in total. The molecule has 0 N–H and O–H groups in total. The first-order chi connectivity index (χ1) is 7.45. The molecule has 1 aliphatic heterocycles. The van der Waals surface area contributed by atoms with Crippen LogP contribution in [0, 0.1) is 0 Å². The Morgan fingerprint density at radius 1 is 1.13 bits per heavy atom. The predicted octanol–water partition coefficient (Wildman–Crippen LogP) is 1.49. The molecule has 1 aliphatic rings. The minimum atomic E-state index is 0.754. The minimum absolute atomic E-state index is 0.754. The zero-order valence-electron chi connectivity index (χ0n) is 8.89. The number of ether oxygens (including phenoxy) is 1. The van der Waals surface area contributed by atoms with Crippen molar-refractivity contribution in [1.82, 2.24) is 5.06 Å². The van der Waals surface area contributed by atoms with E-state index >= 15 is 0 Å². The Morgan fingerprint density at radius 2 is 1.87 bits per heavy atom. The summed E-state index contributed by atoms with van der Waals surface area (Å²) >= 11 is 0. The normalized spacial score (nSPS) is 17.9. The second-order valence-corrected chi connectivity index (χ2v) is 3.61. The quantitative estimate of drug-likeness (QED) is 0.746. The van der Waals surface area contributed by atoms with Gasteiger partial charge in [0.2, 0.25) is 0 Å². The molecule has 0 aromatic heterocycles. The maximum Gasteiger partial charge on any atom is 0.0725 e. The molecule has 82 valence electrons. The molecule has 0 atom stereocenters. The maximum atomic E-state index is 5.64. The van der Waals surface area contributed by atoms with Gasteiger partial charge in [0.1, 0.15) is 0 Å². The smallest absolute Gasteiger partial charge is 0.0725 e. The lowest BCUT2D eigenvalue weighted by Crippen LogP contribution is -2.36. The lowest BCUT2D eigenvalue weighted by molar-refractivity contribution is -0.193. The molecule has 0 unspecified atom stereocenters. The highest BCUT2D eigenvalue weighted by molar-refractivity contribution is 5.14. The molecule has 2 rings (SSSR count). The Hall–Kier alpha value is -0.900. The van der Waals surface area contributed by atoms with Gasteiger partial charge >= 0.3 is 0 Å². The van der Waals surface area contributed by atoms with E-state index in [0.717, 1.165) is 39.3 Å². The minimum Gasteiger partial charge on any atom is -0.379 e. The van der Waals surface area contributed by atoms with Crippen LogP contribution in [-0.4, -0.2) is 38.0 Å². The molecule has 0 amide bonds. The summed E-state index contributed by atoms with van der Waals surface area (Å²) < 4.78 is 5.24. The topological polar surface area (TPSA) is 21.7 Å². The van der Waals surface area contributed by atoms with Gasteiger partial charge in [-0.05, 0) is 12.0 Å². The van der Waals surface area contributed by atoms with Gasteiger partial charge in [-0.1, -0.05) is 30.3 Å². The highest BCUT2D eigenvalue weighted by Gasteiger charge is 2.09. The number of nitrogens with zero attached hydrogens (tertiary/aromatic N) is 1. The fourth-order valence-electron chi connectivity index (χ4n) is 1.61. The van der Waals surface area contributed by atoms with Gasteiger partial charge in [0.25, 0.3) is 0 Å². The molecule has 0 bridgehead atoms. The maximum absolute atomic E-state index is 5.64. The van der Waals surface area contributed by atoms with Gasteiger partial charge < -0.3 is 4.74 Å². The van der Waals surface area contributed by atoms with Gasteiger partial charge in [0.05, 0.1) is 19.8 Å². The molecule has 0 saturated carbocycles. The van der Waals surface area contributed by atoms with E-state index in [1.165, 1.54) is 5.56 Å². The number of hydrogen-bond acceptors (Lipinski definition) is 3. The summed E-state index contributed by atoms with van der Waals surface area (Å²) in [5.41, 5.74) is 1.32. The number of rotatable bonds is 4. The second-order valence-electron chi connectivity index (χ2n) is 3.61. The monoisotopic (exact) mass is 207 g/mol. The molecule has 0 aliphatic carbocycles. The van der Waals surface area contributed by atoms with Gasteiger partial charge in [-0.25, -0.2) is 0 Å². The summed E-state index contributed by atoms with van der Waals surface area (Å²) in [6.45, 7) is 4.09. The Balaban J connectivity index is 1.66. The van der Waals surface area contributed by atoms with Crippen LogP contribution in [0.5, 0.6) is 0 Å². The molecular formula is C12H17NO2. The van der Waals surface area contributed by atoms with E-state index in [2.05, 4.69) is 24.3 Å². The molecule has 1 saturated heterocycles. The third-order valence-corrected chi connectivity index (χ3v) is 2.48. The van der Waals surface area contributed by atoms with Crippen molar-refractivity contribution >= 4 is 0 Å². The van der Waals surface area contributed by atoms with Crippen LogP contribution in [0.25, 0.3) is 0 Å². The van der Waals surface area contributed by atoms with Crippen molar-refractivity contribution in [1.29, 1.82) is 0 Å². The Kier molecular flexibility index (Phi) is 4.14. The van der Waals surface area contributed by atoms with Crippen LogP contribution in [-0.2, 0) is 16.0 Å². The number of benzene rings is 1. The van der Waals surface area contributed by atoms with Crippen LogP contribution >= 0.6 is 0 Å². The van der Waals surface area contributed by atoms with Gasteiger partial charge in [-0.2, -0.15) is 5.06 Å². The molecule has 0 radical (unpaired) electrons. The van der Waals surface area contributed by atoms with Crippen LogP contribution in [0.4, 0.5) is 0 Å². The van der Waals surface area contributed by atoms with Crippen LogP contribution in [0.2, 0.25) is 0 Å². The third-order valence-electron chi connectivity index (χ3n) is 2.48. The molecule has 1 aromatic carbocycles. The van der Waals surface area contributed by atoms with Gasteiger partial charge in [-0.15, -0.1) is 0 Å². The predicted molar refractivity (Wildman–Crippen MR) is 58.5 cm³/mol. The lowest BCUT2D eigenvalue weighted by atomic mass is 10.2. The summed E-state index contributed by atoms with van der Waals surface area (Å²) in [6.07, 6.45) is 0.970. The standard InChI is InChI=1S/C12H17NO2/c1-2-4-12(5-3-1)6-9-15-13-7-10-14-11-8-13/h1-5H,6-11H2. The largest absolute Gasteiger partial charge is 0.379 e. The van der Waals surface area contributed by atoms with E-state index in [9.17, 15) is 0 Å². The molecular weight excluding hydrogens is 190 g/mol. The number of hydroxylamine groups is 2. The average molecular weight is 207 g/mol. The van der Waals surface area contributed by atoms with Crippen molar-refractivity contribution in [3.8, 4) is 0 Å². The molecule has 3 heteroatoms. The van der Waals surface area contributed by atoms with Crippen molar-refractivity contribution in [2.24, 2.45) is 0 Å². The van der Waals surface area contributed by atoms with Gasteiger partial charge in [-0.3, -0.25) is 4.84 Å². The number of morpholine rings is 1.